The number of piperazine rings is 1. The third kappa shape index (κ3) is 6.67. The number of anilines is 2. The standard InChI is InChI=1S/C29H31ClN4O2S/c1-29(2,3)22-12-8-20(9-13-22)26(35)32-28(37)31-24-6-4-5-7-25(24)33-16-18-34(19-17-33)27(36)21-10-14-23(30)15-11-21/h4-15H,16-19H2,1-3H3,(H2,31,32,35,37). The van der Waals surface area contributed by atoms with E-state index in [0.717, 1.165) is 16.9 Å². The van der Waals surface area contributed by atoms with Crippen LogP contribution in [0.2, 0.25) is 5.02 Å². The minimum atomic E-state index is -0.259. The summed E-state index contributed by atoms with van der Waals surface area (Å²) in [6, 6.07) is 22.4. The highest BCUT2D eigenvalue weighted by atomic mass is 35.5. The van der Waals surface area contributed by atoms with E-state index in [0.29, 0.717) is 42.3 Å². The maximum absolute atomic E-state index is 12.8. The van der Waals surface area contributed by atoms with E-state index in [1.165, 1.54) is 0 Å². The Morgan fingerprint density at radius 2 is 1.43 bits per heavy atom. The smallest absolute Gasteiger partial charge is 0.257 e. The number of halogens is 1. The Labute approximate surface area is 228 Å². The zero-order chi connectivity index (χ0) is 26.6. The van der Waals surface area contributed by atoms with Crippen molar-refractivity contribution in [3.63, 3.8) is 0 Å². The van der Waals surface area contributed by atoms with Gasteiger partial charge < -0.3 is 15.1 Å². The molecule has 2 amide bonds. The summed E-state index contributed by atoms with van der Waals surface area (Å²) in [5.74, 6) is -0.257. The topological polar surface area (TPSA) is 64.7 Å². The summed E-state index contributed by atoms with van der Waals surface area (Å²) in [7, 11) is 0. The van der Waals surface area contributed by atoms with Crippen LogP contribution in [0.3, 0.4) is 0 Å². The Morgan fingerprint density at radius 1 is 0.838 bits per heavy atom. The summed E-state index contributed by atoms with van der Waals surface area (Å²) in [4.78, 5) is 29.6. The number of amides is 2. The van der Waals surface area contributed by atoms with E-state index in [2.05, 4.69) is 36.3 Å². The molecule has 3 aromatic rings. The molecule has 37 heavy (non-hydrogen) atoms. The van der Waals surface area contributed by atoms with Gasteiger partial charge in [0.1, 0.15) is 0 Å². The molecule has 8 heteroatoms. The maximum Gasteiger partial charge on any atom is 0.257 e. The third-order valence-corrected chi connectivity index (χ3v) is 6.85. The van der Waals surface area contributed by atoms with Crippen LogP contribution in [0, 0.1) is 0 Å². The molecule has 4 rings (SSSR count). The molecule has 6 nitrogen and oxygen atoms in total. The number of thiocarbonyl (C=S) groups is 1. The van der Waals surface area contributed by atoms with Crippen LogP contribution >= 0.6 is 23.8 Å². The first-order valence-corrected chi connectivity index (χ1v) is 13.0. The van der Waals surface area contributed by atoms with Crippen molar-refractivity contribution in [2.75, 3.05) is 36.4 Å². The minimum Gasteiger partial charge on any atom is -0.366 e. The highest BCUT2D eigenvalue weighted by Gasteiger charge is 2.24. The number of para-hydroxylation sites is 2. The maximum atomic E-state index is 12.8. The summed E-state index contributed by atoms with van der Waals surface area (Å²) in [5.41, 5.74) is 4.12. The molecule has 192 valence electrons. The zero-order valence-corrected chi connectivity index (χ0v) is 22.8. The van der Waals surface area contributed by atoms with Crippen molar-refractivity contribution in [1.82, 2.24) is 10.2 Å². The summed E-state index contributed by atoms with van der Waals surface area (Å²) < 4.78 is 0. The van der Waals surface area contributed by atoms with Crippen LogP contribution in [0.25, 0.3) is 0 Å². The minimum absolute atomic E-state index is 0.00199. The van der Waals surface area contributed by atoms with Crippen LogP contribution < -0.4 is 15.5 Å². The first-order valence-electron chi connectivity index (χ1n) is 12.2. The highest BCUT2D eigenvalue weighted by molar-refractivity contribution is 7.80. The molecule has 0 atom stereocenters. The van der Waals surface area contributed by atoms with Gasteiger partial charge >= 0.3 is 0 Å². The summed E-state index contributed by atoms with van der Waals surface area (Å²) in [6.07, 6.45) is 0. The largest absolute Gasteiger partial charge is 0.366 e. The zero-order valence-electron chi connectivity index (χ0n) is 21.3. The van der Waals surface area contributed by atoms with E-state index in [9.17, 15) is 9.59 Å². The van der Waals surface area contributed by atoms with Gasteiger partial charge in [-0.25, -0.2) is 0 Å². The lowest BCUT2D eigenvalue weighted by Gasteiger charge is -2.37. The lowest BCUT2D eigenvalue weighted by Crippen LogP contribution is -2.49. The second-order valence-electron chi connectivity index (χ2n) is 10.0. The molecule has 0 radical (unpaired) electrons. The van der Waals surface area contributed by atoms with E-state index >= 15 is 0 Å². The van der Waals surface area contributed by atoms with Gasteiger partial charge in [0.15, 0.2) is 5.11 Å². The molecule has 3 aromatic carbocycles. The van der Waals surface area contributed by atoms with Crippen LogP contribution in [-0.2, 0) is 5.41 Å². The fourth-order valence-electron chi connectivity index (χ4n) is 4.23. The molecule has 1 heterocycles. The number of carbonyl (C=O) groups excluding carboxylic acids is 2. The van der Waals surface area contributed by atoms with Crippen LogP contribution in [0.4, 0.5) is 11.4 Å². The van der Waals surface area contributed by atoms with Gasteiger partial charge in [0.25, 0.3) is 11.8 Å². The average molecular weight is 535 g/mol. The van der Waals surface area contributed by atoms with E-state index in [1.54, 1.807) is 24.3 Å². The van der Waals surface area contributed by atoms with Gasteiger partial charge in [0.2, 0.25) is 0 Å². The molecule has 0 unspecified atom stereocenters. The van der Waals surface area contributed by atoms with E-state index in [1.807, 2.05) is 53.4 Å². The van der Waals surface area contributed by atoms with Crippen LogP contribution in [-0.4, -0.2) is 48.0 Å². The van der Waals surface area contributed by atoms with Crippen LogP contribution in [0.15, 0.2) is 72.8 Å². The van der Waals surface area contributed by atoms with Gasteiger partial charge in [-0.15, -0.1) is 0 Å². The Kier molecular flexibility index (Phi) is 8.15. The lowest BCUT2D eigenvalue weighted by atomic mass is 9.87. The van der Waals surface area contributed by atoms with Gasteiger partial charge in [-0.05, 0) is 71.7 Å². The molecular weight excluding hydrogens is 504 g/mol. The van der Waals surface area contributed by atoms with Gasteiger partial charge in [-0.1, -0.05) is 56.6 Å². The van der Waals surface area contributed by atoms with Crippen molar-refractivity contribution >= 4 is 52.1 Å². The second kappa shape index (κ2) is 11.3. The van der Waals surface area contributed by atoms with Gasteiger partial charge in [0.05, 0.1) is 11.4 Å². The van der Waals surface area contributed by atoms with E-state index < -0.39 is 0 Å². The third-order valence-electron chi connectivity index (χ3n) is 6.39. The molecule has 1 fully saturated rings. The predicted octanol–water partition coefficient (Wildman–Crippen LogP) is 5.73. The number of hydrogen-bond donors (Lipinski definition) is 2. The summed E-state index contributed by atoms with van der Waals surface area (Å²) in [6.45, 7) is 8.96. The second-order valence-corrected chi connectivity index (χ2v) is 10.9. The molecule has 2 N–H and O–H groups in total. The summed E-state index contributed by atoms with van der Waals surface area (Å²) >= 11 is 11.4. The molecule has 1 saturated heterocycles. The molecule has 0 aliphatic carbocycles. The predicted molar refractivity (Wildman–Crippen MR) is 155 cm³/mol. The quantitative estimate of drug-likeness (QED) is 0.419. The van der Waals surface area contributed by atoms with Crippen LogP contribution in [0.1, 0.15) is 47.1 Å². The van der Waals surface area contributed by atoms with Gasteiger partial charge in [-0.2, -0.15) is 0 Å². The number of carbonyl (C=O) groups is 2. The fraction of sp³-hybridized carbons (Fsp3) is 0.276. The number of hydrogen-bond acceptors (Lipinski definition) is 4. The normalized spacial score (nSPS) is 13.7. The Bertz CT molecular complexity index is 1280. The van der Waals surface area contributed by atoms with Crippen LogP contribution in [0.5, 0.6) is 0 Å². The summed E-state index contributed by atoms with van der Waals surface area (Å²) in [5, 5.41) is 6.79. The first-order chi connectivity index (χ1) is 17.6. The monoisotopic (exact) mass is 534 g/mol. The molecule has 0 bridgehead atoms. The molecular formula is C29H31ClN4O2S. The molecule has 1 aliphatic heterocycles. The van der Waals surface area contributed by atoms with Crippen molar-refractivity contribution in [2.45, 2.75) is 26.2 Å². The Balaban J connectivity index is 1.36. The van der Waals surface area contributed by atoms with Crippen molar-refractivity contribution in [2.24, 2.45) is 0 Å². The Morgan fingerprint density at radius 3 is 2.05 bits per heavy atom. The number of rotatable bonds is 4. The van der Waals surface area contributed by atoms with Crippen molar-refractivity contribution in [1.29, 1.82) is 0 Å². The average Bonchev–Trinajstić information content (AvgIpc) is 2.88. The number of nitrogens with zero attached hydrogens (tertiary/aromatic N) is 2. The highest BCUT2D eigenvalue weighted by Crippen LogP contribution is 2.27. The van der Waals surface area contributed by atoms with Crippen molar-refractivity contribution in [3.05, 3.63) is 94.5 Å². The molecule has 1 aliphatic rings. The lowest BCUT2D eigenvalue weighted by molar-refractivity contribution is 0.0746. The molecule has 0 saturated carbocycles. The molecule has 0 aromatic heterocycles. The SMILES string of the molecule is CC(C)(C)c1ccc(C(=O)NC(=S)Nc2ccccc2N2CCN(C(=O)c3ccc(Cl)cc3)CC2)cc1. The van der Waals surface area contributed by atoms with E-state index in [-0.39, 0.29) is 22.3 Å². The number of nitrogens with one attached hydrogen (secondary N) is 2. The Hall–Kier alpha value is -3.42. The number of benzene rings is 3. The van der Waals surface area contributed by atoms with Gasteiger partial charge in [0, 0.05) is 42.3 Å². The van der Waals surface area contributed by atoms with Gasteiger partial charge in [-0.3, -0.25) is 14.9 Å². The van der Waals surface area contributed by atoms with E-state index in [4.69, 9.17) is 23.8 Å². The fourth-order valence-corrected chi connectivity index (χ4v) is 4.56. The molecule has 0 spiro atoms. The van der Waals surface area contributed by atoms with Crippen molar-refractivity contribution in [3.8, 4) is 0 Å². The van der Waals surface area contributed by atoms with Crippen molar-refractivity contribution < 1.29 is 9.59 Å². The first kappa shape index (κ1) is 26.6.